The van der Waals surface area contributed by atoms with Gasteiger partial charge in [0.25, 0.3) is 0 Å². The third-order valence-electron chi connectivity index (χ3n) is 0.183. The zero-order valence-corrected chi connectivity index (χ0v) is 4.71. The number of carbonyl (C=O) groups excluding carboxylic acids is 2. The molecule has 0 bridgehead atoms. The smallest absolute Gasteiger partial charge is 0.211 e. The molecule has 8 heavy (non-hydrogen) atoms. The first kappa shape index (κ1) is 9.90. The van der Waals surface area contributed by atoms with Crippen molar-refractivity contribution in [2.45, 2.75) is 0 Å². The summed E-state index contributed by atoms with van der Waals surface area (Å²) < 4.78 is 0. The number of hydrogen-bond donors (Lipinski definition) is 0. The van der Waals surface area contributed by atoms with E-state index in [1.807, 2.05) is 0 Å². The summed E-state index contributed by atoms with van der Waals surface area (Å²) in [6.45, 7) is 0. The molecular weight excluding hydrogens is 108 g/mol. The van der Waals surface area contributed by atoms with Gasteiger partial charge in [0, 0.05) is 14.1 Å². The minimum atomic E-state index is 1.31. The molecule has 44 valence electrons. The summed E-state index contributed by atoms with van der Waals surface area (Å²) in [6, 6.07) is 0. The molecular formula is C4H6N2O2. The molecule has 0 aliphatic heterocycles. The molecule has 0 atom stereocenters. The summed E-state index contributed by atoms with van der Waals surface area (Å²) in [5.74, 6) is 0. The van der Waals surface area contributed by atoms with Gasteiger partial charge in [-0.25, -0.2) is 19.6 Å². The first-order valence-electron chi connectivity index (χ1n) is 1.75. The highest BCUT2D eigenvalue weighted by Gasteiger charge is 1.29. The van der Waals surface area contributed by atoms with Gasteiger partial charge in [-0.2, -0.15) is 0 Å². The average Bonchev–Trinajstić information content (AvgIpc) is 1.88. The van der Waals surface area contributed by atoms with Gasteiger partial charge in [-0.05, 0) is 0 Å². The third-order valence-corrected chi connectivity index (χ3v) is 0.183. The van der Waals surface area contributed by atoms with Crippen LogP contribution < -0.4 is 0 Å². The summed E-state index contributed by atoms with van der Waals surface area (Å²) in [4.78, 5) is 23.6. The minimum Gasteiger partial charge on any atom is -0.211 e. The van der Waals surface area contributed by atoms with E-state index in [1.165, 1.54) is 26.3 Å². The summed E-state index contributed by atoms with van der Waals surface area (Å²) in [5.41, 5.74) is 0. The van der Waals surface area contributed by atoms with Crippen LogP contribution in [0, 0.1) is 0 Å². The minimum absolute atomic E-state index is 1.31. The molecule has 0 aromatic rings. The van der Waals surface area contributed by atoms with E-state index in [-0.39, 0.29) is 0 Å². The second kappa shape index (κ2) is 17.1. The molecule has 4 heteroatoms. The maximum Gasteiger partial charge on any atom is 0.234 e. The van der Waals surface area contributed by atoms with Crippen LogP contribution in [0.2, 0.25) is 0 Å². The van der Waals surface area contributed by atoms with E-state index in [4.69, 9.17) is 9.59 Å². The number of nitrogens with zero attached hydrogens (tertiary/aromatic N) is 2. The molecule has 0 heterocycles. The highest BCUT2D eigenvalue weighted by Crippen LogP contribution is 1.28. The van der Waals surface area contributed by atoms with E-state index in [2.05, 4.69) is 9.98 Å². The summed E-state index contributed by atoms with van der Waals surface area (Å²) in [7, 11) is 2.76. The van der Waals surface area contributed by atoms with Crippen LogP contribution >= 0.6 is 0 Å². The van der Waals surface area contributed by atoms with E-state index in [9.17, 15) is 0 Å². The largest absolute Gasteiger partial charge is 0.234 e. The Kier molecular flexibility index (Phi) is 21.2. The molecule has 0 N–H and O–H groups in total. The second-order valence-corrected chi connectivity index (χ2v) is 0.630. The zero-order chi connectivity index (χ0) is 6.83. The van der Waals surface area contributed by atoms with Crippen LogP contribution in [0.1, 0.15) is 0 Å². The Morgan fingerprint density at radius 1 is 1.00 bits per heavy atom. The lowest BCUT2D eigenvalue weighted by Crippen LogP contribution is -1.38. The van der Waals surface area contributed by atoms with E-state index in [0.717, 1.165) is 0 Å². The Bertz CT molecular complexity index is 104. The van der Waals surface area contributed by atoms with Crippen molar-refractivity contribution in [1.82, 2.24) is 0 Å². The molecule has 0 fully saturated rings. The van der Waals surface area contributed by atoms with Crippen LogP contribution in [0.4, 0.5) is 0 Å². The monoisotopic (exact) mass is 114 g/mol. The SMILES string of the molecule is CN=C=O.CN=C=O. The Morgan fingerprint density at radius 2 is 1.12 bits per heavy atom. The average molecular weight is 114 g/mol. The topological polar surface area (TPSA) is 58.9 Å². The summed E-state index contributed by atoms with van der Waals surface area (Å²) in [5, 5.41) is 0. The van der Waals surface area contributed by atoms with E-state index >= 15 is 0 Å². The van der Waals surface area contributed by atoms with Crippen LogP contribution in [-0.2, 0) is 9.59 Å². The molecule has 4 nitrogen and oxygen atoms in total. The molecule has 0 aliphatic rings. The Morgan fingerprint density at radius 3 is 1.12 bits per heavy atom. The summed E-state index contributed by atoms with van der Waals surface area (Å²) in [6.07, 6.45) is 2.61. The van der Waals surface area contributed by atoms with Crippen LogP contribution in [0.3, 0.4) is 0 Å². The quantitative estimate of drug-likeness (QED) is 0.326. The molecule has 0 unspecified atom stereocenters. The normalized spacial score (nSPS) is 4.25. The highest BCUT2D eigenvalue weighted by atomic mass is 16.1. The number of hydrogen-bond acceptors (Lipinski definition) is 4. The van der Waals surface area contributed by atoms with E-state index in [0.29, 0.717) is 0 Å². The van der Waals surface area contributed by atoms with Crippen molar-refractivity contribution in [1.29, 1.82) is 0 Å². The lowest BCUT2D eigenvalue weighted by molar-refractivity contribution is 0.564. The first-order chi connectivity index (χ1) is 3.83. The number of rotatable bonds is 0. The Labute approximate surface area is 47.0 Å². The molecule has 0 saturated carbocycles. The summed E-state index contributed by atoms with van der Waals surface area (Å²) >= 11 is 0. The van der Waals surface area contributed by atoms with Gasteiger partial charge < -0.3 is 0 Å². The zero-order valence-electron chi connectivity index (χ0n) is 4.71. The molecule has 0 rings (SSSR count). The Hall–Kier alpha value is -1.24. The van der Waals surface area contributed by atoms with Crippen LogP contribution in [0.25, 0.3) is 0 Å². The maximum absolute atomic E-state index is 8.88. The van der Waals surface area contributed by atoms with Gasteiger partial charge >= 0.3 is 0 Å². The second-order valence-electron chi connectivity index (χ2n) is 0.630. The van der Waals surface area contributed by atoms with Crippen LogP contribution in [-0.4, -0.2) is 26.3 Å². The van der Waals surface area contributed by atoms with Gasteiger partial charge in [0.15, 0.2) is 0 Å². The predicted molar refractivity (Wildman–Crippen MR) is 28.1 cm³/mol. The molecule has 0 spiro atoms. The van der Waals surface area contributed by atoms with Gasteiger partial charge in [-0.3, -0.25) is 0 Å². The fraction of sp³-hybridized carbons (Fsp3) is 0.500. The molecule has 0 saturated heterocycles. The van der Waals surface area contributed by atoms with Crippen molar-refractivity contribution in [3.63, 3.8) is 0 Å². The number of aliphatic imine (C=N–C) groups is 2. The van der Waals surface area contributed by atoms with Crippen molar-refractivity contribution in [2.24, 2.45) is 9.98 Å². The number of isocyanates is 2. The van der Waals surface area contributed by atoms with E-state index < -0.39 is 0 Å². The Balaban J connectivity index is 0. The van der Waals surface area contributed by atoms with Gasteiger partial charge in [0.2, 0.25) is 12.2 Å². The molecule has 0 aliphatic carbocycles. The first-order valence-corrected chi connectivity index (χ1v) is 1.75. The predicted octanol–water partition coefficient (Wildman–Crippen LogP) is -0.0960. The van der Waals surface area contributed by atoms with Crippen molar-refractivity contribution in [3.8, 4) is 0 Å². The van der Waals surface area contributed by atoms with Crippen molar-refractivity contribution < 1.29 is 9.59 Å². The molecule has 0 aromatic heterocycles. The van der Waals surface area contributed by atoms with Gasteiger partial charge in [0.05, 0.1) is 0 Å². The van der Waals surface area contributed by atoms with Gasteiger partial charge in [0.1, 0.15) is 0 Å². The van der Waals surface area contributed by atoms with Crippen LogP contribution in [0.15, 0.2) is 9.98 Å². The van der Waals surface area contributed by atoms with Gasteiger partial charge in [-0.15, -0.1) is 0 Å². The van der Waals surface area contributed by atoms with Crippen LogP contribution in [0.5, 0.6) is 0 Å². The molecule has 0 amide bonds. The maximum atomic E-state index is 8.88. The fourth-order valence-electron chi connectivity index (χ4n) is 0. The lowest BCUT2D eigenvalue weighted by atomic mass is 11.4. The molecule has 0 aromatic carbocycles. The van der Waals surface area contributed by atoms with Crippen molar-refractivity contribution in [2.75, 3.05) is 14.1 Å². The molecule has 0 radical (unpaired) electrons. The van der Waals surface area contributed by atoms with Crippen molar-refractivity contribution >= 4 is 12.2 Å². The third kappa shape index (κ3) is 117. The van der Waals surface area contributed by atoms with E-state index in [1.54, 1.807) is 0 Å². The van der Waals surface area contributed by atoms with Crippen molar-refractivity contribution in [3.05, 3.63) is 0 Å². The van der Waals surface area contributed by atoms with Gasteiger partial charge in [-0.1, -0.05) is 0 Å². The highest BCUT2D eigenvalue weighted by molar-refractivity contribution is 5.32. The fourth-order valence-corrected chi connectivity index (χ4v) is 0. The lowest BCUT2D eigenvalue weighted by Gasteiger charge is -1.36. The standard InChI is InChI=1S/2C2H3NO/c2*1-3-2-4/h2*1H3.